The first-order valence-electron chi connectivity index (χ1n) is 11.8. The smallest absolute Gasteiger partial charge is 0.255 e. The molecule has 0 aliphatic heterocycles. The number of hydrogen-bond donors (Lipinski definition) is 1. The van der Waals surface area contributed by atoms with Crippen LogP contribution in [-0.2, 0) is 0 Å². The second-order valence-electron chi connectivity index (χ2n) is 8.02. The van der Waals surface area contributed by atoms with E-state index < -0.39 is 0 Å². The van der Waals surface area contributed by atoms with E-state index in [-0.39, 0.29) is 5.91 Å². The minimum absolute atomic E-state index is 0.296. The maximum atomic E-state index is 13.1. The molecule has 0 fully saturated rings. The number of benzene rings is 3. The molecule has 1 amide bonds. The molecule has 1 heterocycles. The van der Waals surface area contributed by atoms with Crippen LogP contribution in [0.15, 0.2) is 48.5 Å². The Morgan fingerprint density at radius 2 is 1.46 bits per heavy atom. The third-order valence-electron chi connectivity index (χ3n) is 5.53. The van der Waals surface area contributed by atoms with E-state index in [1.807, 2.05) is 39.0 Å². The minimum atomic E-state index is -0.296. The van der Waals surface area contributed by atoms with E-state index in [0.29, 0.717) is 53.8 Å². The highest BCUT2D eigenvalue weighted by Crippen LogP contribution is 2.39. The van der Waals surface area contributed by atoms with Crippen LogP contribution in [0.25, 0.3) is 16.7 Å². The number of rotatable bonds is 9. The summed E-state index contributed by atoms with van der Waals surface area (Å²) in [5.74, 6) is 1.14. The highest BCUT2D eigenvalue weighted by Gasteiger charge is 2.19. The van der Waals surface area contributed by atoms with Gasteiger partial charge in [0, 0.05) is 11.3 Å². The molecule has 0 saturated heterocycles. The van der Waals surface area contributed by atoms with E-state index in [9.17, 15) is 4.79 Å². The minimum Gasteiger partial charge on any atom is -0.490 e. The van der Waals surface area contributed by atoms with E-state index in [2.05, 4.69) is 35.4 Å². The van der Waals surface area contributed by atoms with Gasteiger partial charge < -0.3 is 19.5 Å². The highest BCUT2D eigenvalue weighted by molar-refractivity contribution is 6.05. The Morgan fingerprint density at radius 1 is 0.800 bits per heavy atom. The number of nitrogens with one attached hydrogen (secondary N) is 1. The molecule has 3 aromatic carbocycles. The lowest BCUT2D eigenvalue weighted by Crippen LogP contribution is -2.13. The fraction of sp³-hybridized carbons (Fsp3) is 0.296. The van der Waals surface area contributed by atoms with Crippen molar-refractivity contribution < 1.29 is 19.0 Å². The molecule has 1 N–H and O–H groups in total. The molecule has 0 spiro atoms. The van der Waals surface area contributed by atoms with Crippen molar-refractivity contribution in [3.05, 3.63) is 65.2 Å². The molecule has 0 aliphatic carbocycles. The van der Waals surface area contributed by atoms with Crippen LogP contribution in [0, 0.1) is 13.8 Å². The number of nitrogens with zero attached hydrogens (tertiary/aromatic N) is 3. The zero-order valence-corrected chi connectivity index (χ0v) is 20.7. The number of hydrogen-bond acceptors (Lipinski definition) is 6. The summed E-state index contributed by atoms with van der Waals surface area (Å²) in [6, 6.07) is 14.9. The van der Waals surface area contributed by atoms with Gasteiger partial charge >= 0.3 is 0 Å². The fourth-order valence-electron chi connectivity index (χ4n) is 3.68. The largest absolute Gasteiger partial charge is 0.490 e. The first kappa shape index (κ1) is 24.1. The lowest BCUT2D eigenvalue weighted by molar-refractivity contribution is 0.102. The van der Waals surface area contributed by atoms with Gasteiger partial charge in [-0.2, -0.15) is 4.80 Å². The number of aryl methyl sites for hydroxylation is 2. The van der Waals surface area contributed by atoms with Crippen molar-refractivity contribution in [2.75, 3.05) is 25.1 Å². The predicted octanol–water partition coefficient (Wildman–Crippen LogP) is 5.49. The third kappa shape index (κ3) is 5.21. The van der Waals surface area contributed by atoms with Gasteiger partial charge in [0.1, 0.15) is 11.0 Å². The van der Waals surface area contributed by atoms with E-state index in [0.717, 1.165) is 11.2 Å². The van der Waals surface area contributed by atoms with Crippen LogP contribution in [0.4, 0.5) is 5.69 Å². The summed E-state index contributed by atoms with van der Waals surface area (Å²) in [4.78, 5) is 14.7. The number of ether oxygens (including phenoxy) is 3. The van der Waals surface area contributed by atoms with E-state index in [4.69, 9.17) is 14.2 Å². The van der Waals surface area contributed by atoms with Gasteiger partial charge in [-0.1, -0.05) is 6.07 Å². The van der Waals surface area contributed by atoms with Crippen molar-refractivity contribution in [1.29, 1.82) is 0 Å². The van der Waals surface area contributed by atoms with Gasteiger partial charge in [0.05, 0.1) is 25.5 Å². The van der Waals surface area contributed by atoms with E-state index >= 15 is 0 Å². The summed E-state index contributed by atoms with van der Waals surface area (Å²) in [5, 5.41) is 12.1. The maximum Gasteiger partial charge on any atom is 0.255 e. The Hall–Kier alpha value is -4.07. The Morgan fingerprint density at radius 3 is 2.09 bits per heavy atom. The van der Waals surface area contributed by atoms with Crippen molar-refractivity contribution in [2.45, 2.75) is 34.6 Å². The molecule has 1 aromatic heterocycles. The van der Waals surface area contributed by atoms with Gasteiger partial charge in [0.15, 0.2) is 11.5 Å². The van der Waals surface area contributed by atoms with Gasteiger partial charge in [-0.05, 0) is 88.2 Å². The normalized spacial score (nSPS) is 10.9. The van der Waals surface area contributed by atoms with Crippen LogP contribution in [-0.4, -0.2) is 40.7 Å². The molecule has 0 radical (unpaired) electrons. The summed E-state index contributed by atoms with van der Waals surface area (Å²) >= 11 is 0. The first-order valence-corrected chi connectivity index (χ1v) is 11.8. The van der Waals surface area contributed by atoms with Crippen molar-refractivity contribution in [3.8, 4) is 22.9 Å². The molecule has 4 rings (SSSR count). The molecular formula is C27H30N4O4. The van der Waals surface area contributed by atoms with Crippen molar-refractivity contribution in [2.24, 2.45) is 0 Å². The van der Waals surface area contributed by atoms with Crippen LogP contribution in [0.3, 0.4) is 0 Å². The fourth-order valence-corrected chi connectivity index (χ4v) is 3.68. The number of fused-ring (bicyclic) bond motifs is 1. The zero-order chi connectivity index (χ0) is 24.9. The molecular weight excluding hydrogens is 444 g/mol. The Labute approximate surface area is 204 Å². The maximum absolute atomic E-state index is 13.1. The number of carbonyl (C=O) groups is 1. The SMILES string of the molecule is CCOc1cc(C(=O)Nc2ccc3nn(-c4ccc(C)c(C)c4)nc3c2)cc(OCC)c1OCC. The van der Waals surface area contributed by atoms with Gasteiger partial charge in [-0.3, -0.25) is 4.79 Å². The molecule has 0 saturated carbocycles. The second-order valence-corrected chi connectivity index (χ2v) is 8.02. The quantitative estimate of drug-likeness (QED) is 0.345. The lowest BCUT2D eigenvalue weighted by Gasteiger charge is -2.17. The molecule has 4 aromatic rings. The third-order valence-corrected chi connectivity index (χ3v) is 5.53. The van der Waals surface area contributed by atoms with Crippen molar-refractivity contribution >= 4 is 22.6 Å². The number of anilines is 1. The van der Waals surface area contributed by atoms with Gasteiger partial charge in [-0.15, -0.1) is 10.2 Å². The average molecular weight is 475 g/mol. The zero-order valence-electron chi connectivity index (χ0n) is 20.7. The first-order chi connectivity index (χ1) is 16.9. The Kier molecular flexibility index (Phi) is 7.19. The molecule has 35 heavy (non-hydrogen) atoms. The molecule has 0 atom stereocenters. The molecule has 0 bridgehead atoms. The molecule has 8 heteroatoms. The monoisotopic (exact) mass is 474 g/mol. The topological polar surface area (TPSA) is 87.5 Å². The van der Waals surface area contributed by atoms with E-state index in [1.165, 1.54) is 11.1 Å². The van der Waals surface area contributed by atoms with Gasteiger partial charge in [0.2, 0.25) is 5.75 Å². The van der Waals surface area contributed by atoms with E-state index in [1.54, 1.807) is 29.1 Å². The molecule has 0 unspecified atom stereocenters. The van der Waals surface area contributed by atoms with Crippen LogP contribution < -0.4 is 19.5 Å². The number of aromatic nitrogens is 3. The molecule has 8 nitrogen and oxygen atoms in total. The van der Waals surface area contributed by atoms with Crippen LogP contribution in [0.1, 0.15) is 42.3 Å². The molecule has 182 valence electrons. The second kappa shape index (κ2) is 10.5. The standard InChI is InChI=1S/C27H30N4O4/c1-6-33-24-14-19(15-25(34-7-2)26(24)35-8-3)27(32)28-20-10-12-22-23(16-20)30-31(29-22)21-11-9-17(4)18(5)13-21/h9-16H,6-8H2,1-5H3,(H,28,32). The summed E-state index contributed by atoms with van der Waals surface area (Å²) in [7, 11) is 0. The Bertz CT molecular complexity index is 1340. The molecule has 0 aliphatic rings. The van der Waals surface area contributed by atoms with Crippen molar-refractivity contribution in [1.82, 2.24) is 15.0 Å². The lowest BCUT2D eigenvalue weighted by atomic mass is 10.1. The van der Waals surface area contributed by atoms with Gasteiger partial charge in [0.25, 0.3) is 5.91 Å². The van der Waals surface area contributed by atoms with Crippen LogP contribution in [0.5, 0.6) is 17.2 Å². The summed E-state index contributed by atoms with van der Waals surface area (Å²) in [6.45, 7) is 11.1. The number of amides is 1. The Balaban J connectivity index is 1.62. The van der Waals surface area contributed by atoms with Crippen molar-refractivity contribution in [3.63, 3.8) is 0 Å². The van der Waals surface area contributed by atoms with Gasteiger partial charge in [-0.25, -0.2) is 0 Å². The number of carbonyl (C=O) groups excluding carboxylic acids is 1. The summed E-state index contributed by atoms with van der Waals surface area (Å²) < 4.78 is 17.2. The summed E-state index contributed by atoms with van der Waals surface area (Å²) in [5.41, 5.74) is 5.70. The summed E-state index contributed by atoms with van der Waals surface area (Å²) in [6.07, 6.45) is 0. The van der Waals surface area contributed by atoms with Crippen LogP contribution >= 0.6 is 0 Å². The van der Waals surface area contributed by atoms with Crippen LogP contribution in [0.2, 0.25) is 0 Å². The average Bonchev–Trinajstić information content (AvgIpc) is 3.26. The predicted molar refractivity (Wildman–Crippen MR) is 136 cm³/mol. The highest BCUT2D eigenvalue weighted by atomic mass is 16.5.